The molecule has 1 aliphatic carbocycles. The zero-order valence-electron chi connectivity index (χ0n) is 12.1. The van der Waals surface area contributed by atoms with Crippen LogP contribution in [-0.2, 0) is 4.79 Å². The third kappa shape index (κ3) is 2.51. The van der Waals surface area contributed by atoms with Crippen LogP contribution in [0.4, 0.5) is 5.13 Å². The maximum atomic E-state index is 12.2. The van der Waals surface area contributed by atoms with Gasteiger partial charge in [-0.15, -0.1) is 11.3 Å². The molecule has 0 spiro atoms. The average Bonchev–Trinajstić information content (AvgIpc) is 3.24. The standard InChI is InChI=1S/C15H15N3OS3/c1-20-15-17-10-7-6-9-11(12(10)22-15)21-14(16-9)18-13(19)8-4-2-3-5-8/h6-8H,2-5H2,1H3,(H,16,18,19). The highest BCUT2D eigenvalue weighted by Gasteiger charge is 2.23. The lowest BCUT2D eigenvalue weighted by atomic mass is 10.1. The quantitative estimate of drug-likeness (QED) is 0.693. The Morgan fingerprint density at radius 2 is 1.86 bits per heavy atom. The molecule has 4 rings (SSSR count). The fourth-order valence-corrected chi connectivity index (χ4v) is 5.55. The lowest BCUT2D eigenvalue weighted by molar-refractivity contribution is -0.119. The molecule has 1 fully saturated rings. The Kier molecular flexibility index (Phi) is 3.79. The van der Waals surface area contributed by atoms with E-state index in [-0.39, 0.29) is 11.8 Å². The summed E-state index contributed by atoms with van der Waals surface area (Å²) in [5, 5.41) is 3.71. The molecule has 22 heavy (non-hydrogen) atoms. The van der Waals surface area contributed by atoms with Crippen molar-refractivity contribution in [3.8, 4) is 0 Å². The molecule has 2 aromatic heterocycles. The van der Waals surface area contributed by atoms with Crippen molar-refractivity contribution >= 4 is 65.9 Å². The minimum absolute atomic E-state index is 0.127. The molecule has 4 nitrogen and oxygen atoms in total. The first-order chi connectivity index (χ1) is 10.7. The van der Waals surface area contributed by atoms with E-state index in [4.69, 9.17) is 0 Å². The lowest BCUT2D eigenvalue weighted by Gasteiger charge is -2.06. The van der Waals surface area contributed by atoms with E-state index in [9.17, 15) is 4.79 Å². The number of carbonyl (C=O) groups excluding carboxylic acids is 1. The normalized spacial score (nSPS) is 15.9. The summed E-state index contributed by atoms with van der Waals surface area (Å²) in [6.45, 7) is 0. The van der Waals surface area contributed by atoms with Gasteiger partial charge >= 0.3 is 0 Å². The third-order valence-corrected chi connectivity index (χ3v) is 7.23. The topological polar surface area (TPSA) is 54.9 Å². The highest BCUT2D eigenvalue weighted by atomic mass is 32.2. The highest BCUT2D eigenvalue weighted by molar-refractivity contribution is 8.00. The number of nitrogens with zero attached hydrogens (tertiary/aromatic N) is 2. The highest BCUT2D eigenvalue weighted by Crippen LogP contribution is 2.38. The number of rotatable bonds is 3. The Balaban J connectivity index is 1.69. The predicted octanol–water partition coefficient (Wildman–Crippen LogP) is 4.76. The lowest BCUT2D eigenvalue weighted by Crippen LogP contribution is -2.19. The Bertz CT molecular complexity index is 848. The Labute approximate surface area is 140 Å². The maximum Gasteiger partial charge on any atom is 0.229 e. The smallest absolute Gasteiger partial charge is 0.229 e. The summed E-state index contributed by atoms with van der Waals surface area (Å²) < 4.78 is 3.35. The van der Waals surface area contributed by atoms with Gasteiger partial charge in [0.2, 0.25) is 5.91 Å². The van der Waals surface area contributed by atoms with Crippen molar-refractivity contribution in [1.29, 1.82) is 0 Å². The van der Waals surface area contributed by atoms with Gasteiger partial charge in [0.25, 0.3) is 0 Å². The van der Waals surface area contributed by atoms with Gasteiger partial charge in [0, 0.05) is 5.92 Å². The van der Waals surface area contributed by atoms with Crippen LogP contribution in [0, 0.1) is 5.92 Å². The fraction of sp³-hybridized carbons (Fsp3) is 0.400. The molecular weight excluding hydrogens is 334 g/mol. The molecule has 0 aliphatic heterocycles. The van der Waals surface area contributed by atoms with Crippen molar-refractivity contribution in [2.24, 2.45) is 5.92 Å². The van der Waals surface area contributed by atoms with Crippen LogP contribution in [0.25, 0.3) is 20.4 Å². The molecule has 1 aromatic carbocycles. The van der Waals surface area contributed by atoms with E-state index >= 15 is 0 Å². The van der Waals surface area contributed by atoms with Gasteiger partial charge in [-0.25, -0.2) is 9.97 Å². The first kappa shape index (κ1) is 14.4. The van der Waals surface area contributed by atoms with Crippen LogP contribution in [0.2, 0.25) is 0 Å². The minimum atomic E-state index is 0.127. The van der Waals surface area contributed by atoms with E-state index < -0.39 is 0 Å². The van der Waals surface area contributed by atoms with Crippen molar-refractivity contribution in [3.05, 3.63) is 12.1 Å². The molecule has 7 heteroatoms. The van der Waals surface area contributed by atoms with Crippen LogP contribution in [0.15, 0.2) is 16.5 Å². The number of nitrogens with one attached hydrogen (secondary N) is 1. The van der Waals surface area contributed by atoms with E-state index in [0.717, 1.165) is 45.8 Å². The molecule has 114 valence electrons. The molecule has 1 saturated carbocycles. The second-order valence-electron chi connectivity index (χ2n) is 5.44. The monoisotopic (exact) mass is 349 g/mol. The van der Waals surface area contributed by atoms with Crippen molar-refractivity contribution in [1.82, 2.24) is 9.97 Å². The number of aromatic nitrogens is 2. The van der Waals surface area contributed by atoms with Gasteiger partial charge in [-0.2, -0.15) is 0 Å². The van der Waals surface area contributed by atoms with Crippen molar-refractivity contribution in [2.45, 2.75) is 30.0 Å². The average molecular weight is 350 g/mol. The number of hydrogen-bond acceptors (Lipinski definition) is 6. The van der Waals surface area contributed by atoms with Crippen LogP contribution in [0.3, 0.4) is 0 Å². The number of anilines is 1. The van der Waals surface area contributed by atoms with Crippen molar-refractivity contribution < 1.29 is 4.79 Å². The molecule has 0 radical (unpaired) electrons. The molecule has 1 aliphatic rings. The van der Waals surface area contributed by atoms with Gasteiger partial charge in [0.05, 0.1) is 20.4 Å². The zero-order chi connectivity index (χ0) is 15.1. The number of carbonyl (C=O) groups is 1. The second-order valence-corrected chi connectivity index (χ2v) is 8.49. The largest absolute Gasteiger partial charge is 0.302 e. The second kappa shape index (κ2) is 5.79. The number of thioether (sulfide) groups is 1. The van der Waals surface area contributed by atoms with E-state index in [2.05, 4.69) is 15.3 Å². The van der Waals surface area contributed by atoms with Gasteiger partial charge in [-0.3, -0.25) is 4.79 Å². The van der Waals surface area contributed by atoms with Gasteiger partial charge in [0.1, 0.15) is 0 Å². The molecule has 2 heterocycles. The van der Waals surface area contributed by atoms with Crippen molar-refractivity contribution in [2.75, 3.05) is 11.6 Å². The van der Waals surface area contributed by atoms with Gasteiger partial charge in [-0.05, 0) is 31.2 Å². The summed E-state index contributed by atoms with van der Waals surface area (Å²) in [5.74, 6) is 0.292. The van der Waals surface area contributed by atoms with E-state index in [1.807, 2.05) is 18.4 Å². The van der Waals surface area contributed by atoms with E-state index in [1.165, 1.54) is 4.70 Å². The number of amides is 1. The minimum Gasteiger partial charge on any atom is -0.302 e. The molecule has 0 bridgehead atoms. The van der Waals surface area contributed by atoms with Crippen LogP contribution < -0.4 is 5.32 Å². The first-order valence-electron chi connectivity index (χ1n) is 7.29. The molecule has 0 atom stereocenters. The summed E-state index contributed by atoms with van der Waals surface area (Å²) in [7, 11) is 0. The number of thiazole rings is 2. The molecule has 0 saturated heterocycles. The summed E-state index contributed by atoms with van der Waals surface area (Å²) in [6.07, 6.45) is 6.38. The van der Waals surface area contributed by atoms with Gasteiger partial charge in [-0.1, -0.05) is 35.9 Å². The van der Waals surface area contributed by atoms with Crippen molar-refractivity contribution in [3.63, 3.8) is 0 Å². The Hall–Kier alpha value is -1.18. The number of fused-ring (bicyclic) bond motifs is 3. The predicted molar refractivity (Wildman–Crippen MR) is 95.2 cm³/mol. The summed E-state index contributed by atoms with van der Waals surface area (Å²) in [4.78, 5) is 21.4. The van der Waals surface area contributed by atoms with Crippen LogP contribution in [-0.4, -0.2) is 22.1 Å². The molecule has 3 aromatic rings. The Morgan fingerprint density at radius 1 is 1.18 bits per heavy atom. The van der Waals surface area contributed by atoms with Crippen LogP contribution in [0.1, 0.15) is 25.7 Å². The number of hydrogen-bond donors (Lipinski definition) is 1. The first-order valence-corrected chi connectivity index (χ1v) is 10.2. The molecule has 1 N–H and O–H groups in total. The summed E-state index contributed by atoms with van der Waals surface area (Å²) in [5.41, 5.74) is 1.95. The van der Waals surface area contributed by atoms with E-state index in [1.54, 1.807) is 34.4 Å². The maximum absolute atomic E-state index is 12.2. The Morgan fingerprint density at radius 3 is 2.59 bits per heavy atom. The third-order valence-electron chi connectivity index (χ3n) is 4.02. The molecule has 1 amide bonds. The fourth-order valence-electron chi connectivity index (χ4n) is 2.89. The molecule has 0 unspecified atom stereocenters. The van der Waals surface area contributed by atoms with Gasteiger partial charge < -0.3 is 5.32 Å². The SMILES string of the molecule is CSc1nc2ccc3nc(NC(=O)C4CCCC4)sc3c2s1. The van der Waals surface area contributed by atoms with Gasteiger partial charge in [0.15, 0.2) is 9.47 Å². The van der Waals surface area contributed by atoms with Crippen LogP contribution in [0.5, 0.6) is 0 Å². The summed E-state index contributed by atoms with van der Waals surface area (Å²) in [6, 6.07) is 4.00. The number of benzene rings is 1. The van der Waals surface area contributed by atoms with Crippen LogP contribution >= 0.6 is 34.4 Å². The summed E-state index contributed by atoms with van der Waals surface area (Å²) >= 11 is 4.91. The molecular formula is C15H15N3OS3. The zero-order valence-corrected chi connectivity index (χ0v) is 14.5. The van der Waals surface area contributed by atoms with E-state index in [0.29, 0.717) is 5.13 Å².